The van der Waals surface area contributed by atoms with Crippen molar-refractivity contribution >= 4 is 17.3 Å². The molecule has 0 aliphatic carbocycles. The smallest absolute Gasteiger partial charge is 0.255 e. The molecule has 5 rings (SSSR count). The van der Waals surface area contributed by atoms with E-state index in [-0.39, 0.29) is 24.7 Å². The van der Waals surface area contributed by atoms with Gasteiger partial charge < -0.3 is 24.4 Å². The summed E-state index contributed by atoms with van der Waals surface area (Å²) in [6.07, 6.45) is 0. The highest BCUT2D eigenvalue weighted by Gasteiger charge is 2.39. The highest BCUT2D eigenvalue weighted by molar-refractivity contribution is 6.04. The maximum Gasteiger partial charge on any atom is 0.255 e. The second-order valence-corrected chi connectivity index (χ2v) is 7.91. The van der Waals surface area contributed by atoms with Gasteiger partial charge in [0.05, 0.1) is 25.1 Å². The van der Waals surface area contributed by atoms with Crippen LogP contribution in [0.4, 0.5) is 11.4 Å². The standard InChI is InChI=1S/C26H23N3O4/c1-3-29-22-13-19(31-2)8-9-20(22)21(14-27)25(29)16-5-4-6-18(11-16)28-26(30)17-7-10-23-24(12-17)33-15-32-23/h4-13,21,25H,3,15H2,1-2H3,(H,28,30). The molecule has 0 aromatic heterocycles. The number of nitrogens with zero attached hydrogens (tertiary/aromatic N) is 2. The van der Waals surface area contributed by atoms with E-state index in [0.29, 0.717) is 22.7 Å². The van der Waals surface area contributed by atoms with Crippen molar-refractivity contribution in [2.75, 3.05) is 30.7 Å². The number of methoxy groups -OCH3 is 1. The number of amides is 1. The lowest BCUT2D eigenvalue weighted by Gasteiger charge is -2.28. The lowest BCUT2D eigenvalue weighted by molar-refractivity contribution is 0.102. The molecule has 0 radical (unpaired) electrons. The molecule has 166 valence electrons. The average Bonchev–Trinajstić information content (AvgIpc) is 3.44. The van der Waals surface area contributed by atoms with E-state index in [0.717, 1.165) is 29.1 Å². The van der Waals surface area contributed by atoms with Crippen LogP contribution in [0.15, 0.2) is 60.7 Å². The van der Waals surface area contributed by atoms with Crippen LogP contribution in [-0.2, 0) is 0 Å². The summed E-state index contributed by atoms with van der Waals surface area (Å²) in [5, 5.41) is 13.0. The van der Waals surface area contributed by atoms with Crippen LogP contribution < -0.4 is 24.4 Å². The van der Waals surface area contributed by atoms with E-state index in [2.05, 4.69) is 23.2 Å². The van der Waals surface area contributed by atoms with Gasteiger partial charge in [-0.25, -0.2) is 0 Å². The Morgan fingerprint density at radius 2 is 2.00 bits per heavy atom. The minimum absolute atomic E-state index is 0.159. The maximum atomic E-state index is 12.9. The molecule has 0 saturated carbocycles. The summed E-state index contributed by atoms with van der Waals surface area (Å²) in [7, 11) is 1.64. The van der Waals surface area contributed by atoms with Crippen LogP contribution in [0.25, 0.3) is 0 Å². The number of likely N-dealkylation sites (N-methyl/N-ethyl adjacent to an activating group) is 1. The van der Waals surface area contributed by atoms with Gasteiger partial charge in [-0.05, 0) is 54.4 Å². The number of fused-ring (bicyclic) bond motifs is 2. The van der Waals surface area contributed by atoms with Gasteiger partial charge in [0.15, 0.2) is 11.5 Å². The van der Waals surface area contributed by atoms with Crippen LogP contribution >= 0.6 is 0 Å². The highest BCUT2D eigenvalue weighted by Crippen LogP contribution is 2.49. The van der Waals surface area contributed by atoms with E-state index < -0.39 is 0 Å². The molecule has 7 heteroatoms. The number of rotatable bonds is 5. The summed E-state index contributed by atoms with van der Waals surface area (Å²) >= 11 is 0. The van der Waals surface area contributed by atoms with Crippen molar-refractivity contribution in [2.45, 2.75) is 18.9 Å². The van der Waals surface area contributed by atoms with Crippen molar-refractivity contribution < 1.29 is 19.0 Å². The van der Waals surface area contributed by atoms with Crippen molar-refractivity contribution in [3.63, 3.8) is 0 Å². The fourth-order valence-corrected chi connectivity index (χ4v) is 4.58. The van der Waals surface area contributed by atoms with Crippen molar-refractivity contribution in [3.05, 3.63) is 77.4 Å². The summed E-state index contributed by atoms with van der Waals surface area (Å²) in [5.74, 6) is 1.38. The first kappa shape index (κ1) is 20.7. The van der Waals surface area contributed by atoms with E-state index >= 15 is 0 Å². The number of ether oxygens (including phenoxy) is 3. The van der Waals surface area contributed by atoms with Gasteiger partial charge in [0.25, 0.3) is 5.91 Å². The zero-order valence-corrected chi connectivity index (χ0v) is 18.4. The summed E-state index contributed by atoms with van der Waals surface area (Å²) in [5.41, 5.74) is 4.09. The van der Waals surface area contributed by atoms with Crippen LogP contribution in [0.1, 0.15) is 40.4 Å². The second kappa shape index (κ2) is 8.40. The Morgan fingerprint density at radius 3 is 2.79 bits per heavy atom. The van der Waals surface area contributed by atoms with Crippen LogP contribution in [0.5, 0.6) is 17.2 Å². The van der Waals surface area contributed by atoms with E-state index in [1.165, 1.54) is 0 Å². The van der Waals surface area contributed by atoms with Gasteiger partial charge >= 0.3 is 0 Å². The summed E-state index contributed by atoms with van der Waals surface area (Å²) in [6, 6.07) is 20.9. The molecule has 1 amide bonds. The minimum Gasteiger partial charge on any atom is -0.497 e. The third-order valence-electron chi connectivity index (χ3n) is 6.13. The molecule has 0 fully saturated rings. The number of anilines is 2. The fourth-order valence-electron chi connectivity index (χ4n) is 4.58. The van der Waals surface area contributed by atoms with Crippen LogP contribution in [0, 0.1) is 11.3 Å². The summed E-state index contributed by atoms with van der Waals surface area (Å²) in [4.78, 5) is 15.1. The van der Waals surface area contributed by atoms with Gasteiger partial charge in [-0.3, -0.25) is 4.79 Å². The quantitative estimate of drug-likeness (QED) is 0.609. The zero-order valence-electron chi connectivity index (χ0n) is 18.4. The number of carbonyl (C=O) groups is 1. The molecule has 2 aliphatic rings. The largest absolute Gasteiger partial charge is 0.497 e. The molecular weight excluding hydrogens is 418 g/mol. The topological polar surface area (TPSA) is 83.8 Å². The van der Waals surface area contributed by atoms with Crippen molar-refractivity contribution in [3.8, 4) is 23.3 Å². The first-order valence-electron chi connectivity index (χ1n) is 10.8. The molecule has 0 spiro atoms. The number of hydrogen-bond donors (Lipinski definition) is 1. The molecule has 0 bridgehead atoms. The minimum atomic E-state index is -0.328. The molecule has 2 aliphatic heterocycles. The predicted molar refractivity (Wildman–Crippen MR) is 124 cm³/mol. The Morgan fingerprint density at radius 1 is 1.15 bits per heavy atom. The Balaban J connectivity index is 1.43. The number of hydrogen-bond acceptors (Lipinski definition) is 6. The zero-order chi connectivity index (χ0) is 22.9. The van der Waals surface area contributed by atoms with Gasteiger partial charge in [-0.15, -0.1) is 0 Å². The van der Waals surface area contributed by atoms with E-state index in [9.17, 15) is 10.1 Å². The molecule has 33 heavy (non-hydrogen) atoms. The molecule has 2 heterocycles. The average molecular weight is 441 g/mol. The van der Waals surface area contributed by atoms with Gasteiger partial charge in [0.1, 0.15) is 5.75 Å². The fraction of sp³-hybridized carbons (Fsp3) is 0.231. The van der Waals surface area contributed by atoms with Gasteiger partial charge in [-0.1, -0.05) is 18.2 Å². The molecule has 1 N–H and O–H groups in total. The molecule has 3 aromatic rings. The normalized spacial score (nSPS) is 17.9. The molecule has 0 saturated heterocycles. The Labute approximate surface area is 192 Å². The van der Waals surface area contributed by atoms with Crippen molar-refractivity contribution in [1.82, 2.24) is 0 Å². The van der Waals surface area contributed by atoms with Gasteiger partial charge in [0, 0.05) is 29.5 Å². The van der Waals surface area contributed by atoms with Gasteiger partial charge in [-0.2, -0.15) is 5.26 Å². The summed E-state index contributed by atoms with van der Waals surface area (Å²) < 4.78 is 16.1. The van der Waals surface area contributed by atoms with Crippen LogP contribution in [0.2, 0.25) is 0 Å². The predicted octanol–water partition coefficient (Wildman–Crippen LogP) is 4.86. The highest BCUT2D eigenvalue weighted by atomic mass is 16.7. The third kappa shape index (κ3) is 3.60. The van der Waals surface area contributed by atoms with E-state index in [4.69, 9.17) is 14.2 Å². The molecular formula is C26H23N3O4. The van der Waals surface area contributed by atoms with E-state index in [1.807, 2.05) is 42.5 Å². The maximum absolute atomic E-state index is 12.9. The monoisotopic (exact) mass is 441 g/mol. The van der Waals surface area contributed by atoms with Crippen LogP contribution in [0.3, 0.4) is 0 Å². The molecule has 3 aromatic carbocycles. The molecule has 2 unspecified atom stereocenters. The first-order chi connectivity index (χ1) is 16.1. The first-order valence-corrected chi connectivity index (χ1v) is 10.8. The van der Waals surface area contributed by atoms with Gasteiger partial charge in [0.2, 0.25) is 6.79 Å². The number of carbonyl (C=O) groups excluding carboxylic acids is 1. The van der Waals surface area contributed by atoms with Crippen molar-refractivity contribution in [2.24, 2.45) is 0 Å². The lowest BCUT2D eigenvalue weighted by Crippen LogP contribution is -2.26. The molecule has 7 nitrogen and oxygen atoms in total. The number of nitriles is 1. The van der Waals surface area contributed by atoms with E-state index in [1.54, 1.807) is 25.3 Å². The van der Waals surface area contributed by atoms with Crippen LogP contribution in [-0.4, -0.2) is 26.4 Å². The lowest BCUT2D eigenvalue weighted by atomic mass is 9.91. The Bertz CT molecular complexity index is 1270. The van der Waals surface area contributed by atoms with Crippen molar-refractivity contribution in [1.29, 1.82) is 5.26 Å². The SMILES string of the molecule is CCN1c2cc(OC)ccc2C(C#N)C1c1cccc(NC(=O)c2ccc3c(c2)OCO3)c1. The Kier molecular flexibility index (Phi) is 5.27. The Hall–Kier alpha value is -4.18. The third-order valence-corrected chi connectivity index (χ3v) is 6.13. The molecule has 2 atom stereocenters. The second-order valence-electron chi connectivity index (χ2n) is 7.91. The number of benzene rings is 3. The number of nitrogens with one attached hydrogen (secondary N) is 1. The summed E-state index contributed by atoms with van der Waals surface area (Å²) in [6.45, 7) is 2.96.